The Morgan fingerprint density at radius 1 is 1.06 bits per heavy atom. The van der Waals surface area contributed by atoms with Crippen molar-refractivity contribution < 1.29 is 34.3 Å². The molecule has 190 valence electrons. The summed E-state index contributed by atoms with van der Waals surface area (Å²) in [5.41, 5.74) is 3.35. The number of hydrogen-bond acceptors (Lipinski definition) is 7. The van der Waals surface area contributed by atoms with Crippen LogP contribution in [0.25, 0.3) is 0 Å². The Morgan fingerprint density at radius 2 is 1.76 bits per heavy atom. The summed E-state index contributed by atoms with van der Waals surface area (Å²) in [6.45, 7) is 9.29. The monoisotopic (exact) mass is 476 g/mol. The fraction of sp³-hybridized carbons (Fsp3) is 0.815. The van der Waals surface area contributed by atoms with E-state index in [1.165, 1.54) is 43.9 Å². The first-order valence-electron chi connectivity index (χ1n) is 12.9. The number of fused-ring (bicyclic) bond motifs is 5. The molecule has 0 aromatic heterocycles. The summed E-state index contributed by atoms with van der Waals surface area (Å²) in [6, 6.07) is 0. The van der Waals surface area contributed by atoms with Gasteiger partial charge < -0.3 is 29.5 Å². The number of allylic oxidation sites excluding steroid dienone is 2. The zero-order valence-electron chi connectivity index (χ0n) is 20.6. The summed E-state index contributed by atoms with van der Waals surface area (Å²) in [7, 11) is 1.19. The van der Waals surface area contributed by atoms with Gasteiger partial charge in [-0.25, -0.2) is 4.79 Å². The van der Waals surface area contributed by atoms with E-state index < -0.39 is 36.7 Å². The highest BCUT2D eigenvalue weighted by atomic mass is 16.7. The van der Waals surface area contributed by atoms with Gasteiger partial charge in [-0.3, -0.25) is 0 Å². The number of ether oxygens (including phenoxy) is 3. The molecule has 4 aliphatic carbocycles. The molecule has 5 aliphatic rings. The highest BCUT2D eigenvalue weighted by Crippen LogP contribution is 2.66. The molecule has 7 nitrogen and oxygen atoms in total. The largest absolute Gasteiger partial charge is 0.467 e. The van der Waals surface area contributed by atoms with Crippen LogP contribution in [-0.4, -0.2) is 65.2 Å². The number of esters is 1. The van der Waals surface area contributed by atoms with Gasteiger partial charge in [0.1, 0.15) is 18.3 Å². The van der Waals surface area contributed by atoms with Crippen LogP contribution in [0.4, 0.5) is 0 Å². The predicted octanol–water partition coefficient (Wildman–Crippen LogP) is 2.87. The molecule has 7 heteroatoms. The van der Waals surface area contributed by atoms with Gasteiger partial charge in [-0.1, -0.05) is 37.6 Å². The van der Waals surface area contributed by atoms with E-state index in [0.717, 1.165) is 31.6 Å². The Kier molecular flexibility index (Phi) is 6.25. The van der Waals surface area contributed by atoms with Crippen LogP contribution < -0.4 is 0 Å². The van der Waals surface area contributed by atoms with Crippen molar-refractivity contribution >= 4 is 5.97 Å². The second-order valence-electron chi connectivity index (χ2n) is 11.8. The number of aliphatic hydroxyl groups is 3. The topological polar surface area (TPSA) is 105 Å². The van der Waals surface area contributed by atoms with Gasteiger partial charge >= 0.3 is 5.97 Å². The molecule has 0 spiro atoms. The van der Waals surface area contributed by atoms with Crippen LogP contribution in [0.5, 0.6) is 0 Å². The average Bonchev–Trinajstić information content (AvgIpc) is 3.13. The van der Waals surface area contributed by atoms with Gasteiger partial charge in [-0.05, 0) is 80.0 Å². The average molecular weight is 477 g/mol. The van der Waals surface area contributed by atoms with Gasteiger partial charge in [0.05, 0.1) is 13.2 Å². The Hall–Kier alpha value is -1.25. The molecule has 1 saturated heterocycles. The first-order chi connectivity index (χ1) is 16.1. The maximum atomic E-state index is 12.0. The Balaban J connectivity index is 1.29. The van der Waals surface area contributed by atoms with Gasteiger partial charge in [-0.15, -0.1) is 0 Å². The van der Waals surface area contributed by atoms with Crippen LogP contribution >= 0.6 is 0 Å². The minimum atomic E-state index is -1.57. The molecule has 0 aromatic carbocycles. The number of carbonyl (C=O) groups excluding carboxylic acids is 1. The summed E-state index contributed by atoms with van der Waals surface area (Å²) in [5, 5.41) is 30.8. The van der Waals surface area contributed by atoms with Crippen LogP contribution in [-0.2, 0) is 19.0 Å². The number of carbonyl (C=O) groups is 1. The highest BCUT2D eigenvalue weighted by Gasteiger charge is 2.57. The van der Waals surface area contributed by atoms with Crippen molar-refractivity contribution in [3.05, 3.63) is 23.8 Å². The molecule has 0 amide bonds. The van der Waals surface area contributed by atoms with E-state index in [1.54, 1.807) is 0 Å². The molecule has 3 N–H and O–H groups in total. The number of methoxy groups -OCH3 is 1. The van der Waals surface area contributed by atoms with Crippen LogP contribution in [0, 0.1) is 28.6 Å². The minimum absolute atomic E-state index is 0.157. The molecular weight excluding hydrogens is 436 g/mol. The maximum absolute atomic E-state index is 12.0. The van der Waals surface area contributed by atoms with Gasteiger partial charge in [0.15, 0.2) is 12.4 Å². The van der Waals surface area contributed by atoms with Crippen LogP contribution in [0.15, 0.2) is 23.8 Å². The standard InChI is InChI=1S/C27H40O7/c1-14-5-8-18-17-7-6-15-13-16(9-11-27(15,3)19(17)10-12-26(14,18)2)33-25-22(30)20(28)21(29)23(34-25)24(31)32-4/h6,16-23,25,28-30H,1,5,7-13H2,2-4H3/t16-,17?,18?,19?,20?,21?,22?,23?,25?,26+,27-/m0/s1. The lowest BCUT2D eigenvalue weighted by Crippen LogP contribution is -2.61. The van der Waals surface area contributed by atoms with Crippen LogP contribution in [0.1, 0.15) is 65.2 Å². The second-order valence-corrected chi connectivity index (χ2v) is 11.8. The second kappa shape index (κ2) is 8.70. The molecule has 0 radical (unpaired) electrons. The predicted molar refractivity (Wildman–Crippen MR) is 124 cm³/mol. The lowest BCUT2D eigenvalue weighted by atomic mass is 9.48. The summed E-state index contributed by atoms with van der Waals surface area (Å²) in [4.78, 5) is 12.0. The Labute approximate surface area is 202 Å². The zero-order chi connectivity index (χ0) is 24.4. The van der Waals surface area contributed by atoms with Crippen molar-refractivity contribution in [2.45, 2.75) is 102 Å². The highest BCUT2D eigenvalue weighted by molar-refractivity contribution is 5.75. The van der Waals surface area contributed by atoms with Crippen LogP contribution in [0.3, 0.4) is 0 Å². The van der Waals surface area contributed by atoms with E-state index in [9.17, 15) is 20.1 Å². The van der Waals surface area contributed by atoms with E-state index in [-0.39, 0.29) is 11.5 Å². The molecule has 34 heavy (non-hydrogen) atoms. The number of hydrogen-bond donors (Lipinski definition) is 3. The Morgan fingerprint density at radius 3 is 2.50 bits per heavy atom. The third kappa shape index (κ3) is 3.62. The third-order valence-electron chi connectivity index (χ3n) is 10.3. The molecular formula is C27H40O7. The summed E-state index contributed by atoms with van der Waals surface area (Å²) in [6.07, 6.45) is 3.70. The number of rotatable bonds is 3. The third-order valence-corrected chi connectivity index (χ3v) is 10.3. The Bertz CT molecular complexity index is 869. The minimum Gasteiger partial charge on any atom is -0.467 e. The first-order valence-corrected chi connectivity index (χ1v) is 12.9. The van der Waals surface area contributed by atoms with Crippen molar-refractivity contribution in [1.29, 1.82) is 0 Å². The van der Waals surface area contributed by atoms with Crippen molar-refractivity contribution in [3.8, 4) is 0 Å². The van der Waals surface area contributed by atoms with E-state index >= 15 is 0 Å². The molecule has 3 saturated carbocycles. The molecule has 4 fully saturated rings. The van der Waals surface area contributed by atoms with Gasteiger partial charge in [-0.2, -0.15) is 0 Å². The quantitative estimate of drug-likeness (QED) is 0.425. The lowest BCUT2D eigenvalue weighted by molar-refractivity contribution is -0.306. The van der Waals surface area contributed by atoms with Gasteiger partial charge in [0, 0.05) is 0 Å². The molecule has 1 aliphatic heterocycles. The van der Waals surface area contributed by atoms with Crippen molar-refractivity contribution in [1.82, 2.24) is 0 Å². The first kappa shape index (κ1) is 24.4. The fourth-order valence-electron chi connectivity index (χ4n) is 8.11. The van der Waals surface area contributed by atoms with E-state index in [4.69, 9.17) is 9.47 Å². The molecule has 11 atom stereocenters. The molecule has 5 rings (SSSR count). The van der Waals surface area contributed by atoms with Crippen molar-refractivity contribution in [2.75, 3.05) is 7.11 Å². The molecule has 0 aromatic rings. The molecule has 1 heterocycles. The molecule has 8 unspecified atom stereocenters. The molecule has 0 bridgehead atoms. The summed E-state index contributed by atoms with van der Waals surface area (Å²) >= 11 is 0. The summed E-state index contributed by atoms with van der Waals surface area (Å²) in [5.74, 6) is 1.32. The van der Waals surface area contributed by atoms with Crippen LogP contribution in [0.2, 0.25) is 0 Å². The van der Waals surface area contributed by atoms with E-state index in [1.807, 2.05) is 0 Å². The zero-order valence-corrected chi connectivity index (χ0v) is 20.6. The normalized spacial score (nSPS) is 50.6. The summed E-state index contributed by atoms with van der Waals surface area (Å²) < 4.78 is 16.4. The van der Waals surface area contributed by atoms with Crippen molar-refractivity contribution in [2.24, 2.45) is 28.6 Å². The van der Waals surface area contributed by atoms with E-state index in [2.05, 4.69) is 31.2 Å². The SMILES string of the molecule is C=C1CCC2C3CC=C4C[C@@H](OC5OC(C(=O)OC)C(O)C(O)C5O)CC[C@]4(C)C3CC[C@]12C. The lowest BCUT2D eigenvalue weighted by Gasteiger charge is -2.57. The van der Waals surface area contributed by atoms with Gasteiger partial charge in [0.2, 0.25) is 0 Å². The fourth-order valence-corrected chi connectivity index (χ4v) is 8.11. The maximum Gasteiger partial charge on any atom is 0.337 e. The number of aliphatic hydroxyl groups excluding tert-OH is 3. The van der Waals surface area contributed by atoms with Gasteiger partial charge in [0.25, 0.3) is 0 Å². The van der Waals surface area contributed by atoms with Crippen molar-refractivity contribution in [3.63, 3.8) is 0 Å². The van der Waals surface area contributed by atoms with E-state index in [0.29, 0.717) is 17.3 Å². The smallest absolute Gasteiger partial charge is 0.337 e.